The van der Waals surface area contributed by atoms with Gasteiger partial charge in [0.05, 0.1) is 6.54 Å². The maximum absolute atomic E-state index is 10.8. The van der Waals surface area contributed by atoms with Gasteiger partial charge in [0, 0.05) is 15.7 Å². The summed E-state index contributed by atoms with van der Waals surface area (Å²) in [6.07, 6.45) is 0. The summed E-state index contributed by atoms with van der Waals surface area (Å²) >= 11 is 11.9. The molecule has 1 N–H and O–H groups in total. The van der Waals surface area contributed by atoms with Crippen molar-refractivity contribution < 1.29 is 9.90 Å². The number of hydrogen-bond acceptors (Lipinski definition) is 2. The predicted octanol–water partition coefficient (Wildman–Crippen LogP) is 3.24. The fraction of sp³-hybridized carbons (Fsp3) is 0.167. The molecule has 0 bridgehead atoms. The Morgan fingerprint density at radius 2 is 2.11 bits per heavy atom. The topological polar surface area (TPSA) is 55.1 Å². The molecule has 2 rings (SSSR count). The number of aromatic carboxylic acids is 1. The van der Waals surface area contributed by atoms with Crippen LogP contribution in [0.2, 0.25) is 10.0 Å². The highest BCUT2D eigenvalue weighted by Crippen LogP contribution is 2.22. The van der Waals surface area contributed by atoms with Crippen molar-refractivity contribution in [3.63, 3.8) is 0 Å². The molecular weight excluding hydrogens is 275 g/mol. The Kier molecular flexibility index (Phi) is 3.59. The van der Waals surface area contributed by atoms with E-state index in [1.807, 2.05) is 0 Å². The van der Waals surface area contributed by atoms with Crippen LogP contribution in [0.25, 0.3) is 0 Å². The number of aryl methyl sites for hydroxylation is 1. The van der Waals surface area contributed by atoms with E-state index in [2.05, 4.69) is 5.10 Å². The Bertz CT molecular complexity index is 608. The predicted molar refractivity (Wildman–Crippen MR) is 69.5 cm³/mol. The minimum absolute atomic E-state index is 0.0255. The van der Waals surface area contributed by atoms with E-state index in [-0.39, 0.29) is 5.69 Å². The zero-order chi connectivity index (χ0) is 13.3. The molecule has 0 aliphatic rings. The molecule has 18 heavy (non-hydrogen) atoms. The number of nitrogens with zero attached hydrogens (tertiary/aromatic N) is 2. The first kappa shape index (κ1) is 12.9. The monoisotopic (exact) mass is 284 g/mol. The van der Waals surface area contributed by atoms with Crippen LogP contribution in [-0.2, 0) is 6.54 Å². The lowest BCUT2D eigenvalue weighted by atomic mass is 10.2. The van der Waals surface area contributed by atoms with E-state index in [9.17, 15) is 4.79 Å². The van der Waals surface area contributed by atoms with Crippen LogP contribution >= 0.6 is 23.2 Å². The summed E-state index contributed by atoms with van der Waals surface area (Å²) in [5.74, 6) is -1.04. The Morgan fingerprint density at radius 3 is 2.67 bits per heavy atom. The van der Waals surface area contributed by atoms with Crippen LogP contribution < -0.4 is 0 Å². The Balaban J connectivity index is 2.31. The van der Waals surface area contributed by atoms with E-state index in [1.54, 1.807) is 29.8 Å². The highest BCUT2D eigenvalue weighted by molar-refractivity contribution is 6.35. The van der Waals surface area contributed by atoms with Crippen LogP contribution in [0, 0.1) is 6.92 Å². The molecule has 0 amide bonds. The number of aromatic nitrogens is 2. The quantitative estimate of drug-likeness (QED) is 0.941. The van der Waals surface area contributed by atoms with Gasteiger partial charge < -0.3 is 5.11 Å². The van der Waals surface area contributed by atoms with Crippen molar-refractivity contribution in [1.82, 2.24) is 9.78 Å². The smallest absolute Gasteiger partial charge is 0.356 e. The summed E-state index contributed by atoms with van der Waals surface area (Å²) in [5, 5.41) is 14.0. The van der Waals surface area contributed by atoms with Gasteiger partial charge in [-0.3, -0.25) is 4.68 Å². The molecular formula is C12H10Cl2N2O2. The zero-order valence-corrected chi connectivity index (χ0v) is 11.0. The zero-order valence-electron chi connectivity index (χ0n) is 9.52. The van der Waals surface area contributed by atoms with Gasteiger partial charge in [-0.15, -0.1) is 0 Å². The van der Waals surface area contributed by atoms with Gasteiger partial charge in [0.2, 0.25) is 0 Å². The Hall–Kier alpha value is -1.52. The SMILES string of the molecule is Cc1cc(C(=O)O)nn1Cc1ccc(Cl)cc1Cl. The van der Waals surface area contributed by atoms with Crippen LogP contribution in [0.3, 0.4) is 0 Å². The molecule has 4 nitrogen and oxygen atoms in total. The van der Waals surface area contributed by atoms with Gasteiger partial charge >= 0.3 is 5.97 Å². The van der Waals surface area contributed by atoms with E-state index >= 15 is 0 Å². The van der Waals surface area contributed by atoms with Gasteiger partial charge in [-0.1, -0.05) is 29.3 Å². The molecule has 0 atom stereocenters. The molecule has 6 heteroatoms. The third-order valence-corrected chi connectivity index (χ3v) is 3.12. The molecule has 0 radical (unpaired) electrons. The number of rotatable bonds is 3. The van der Waals surface area contributed by atoms with Crippen LogP contribution in [0.5, 0.6) is 0 Å². The third-order valence-electron chi connectivity index (χ3n) is 2.54. The summed E-state index contributed by atoms with van der Waals surface area (Å²) in [7, 11) is 0. The van der Waals surface area contributed by atoms with Crippen LogP contribution in [-0.4, -0.2) is 20.9 Å². The van der Waals surface area contributed by atoms with Gasteiger partial charge in [-0.25, -0.2) is 4.79 Å². The normalized spacial score (nSPS) is 10.6. The molecule has 94 valence electrons. The van der Waals surface area contributed by atoms with Crippen molar-refractivity contribution in [2.75, 3.05) is 0 Å². The molecule has 0 saturated heterocycles. The van der Waals surface area contributed by atoms with Crippen molar-refractivity contribution in [3.8, 4) is 0 Å². The van der Waals surface area contributed by atoms with E-state index in [0.717, 1.165) is 11.3 Å². The van der Waals surface area contributed by atoms with E-state index in [4.69, 9.17) is 28.3 Å². The number of halogens is 2. The molecule has 0 unspecified atom stereocenters. The third kappa shape index (κ3) is 2.66. The number of carboxylic acid groups (broad SMARTS) is 1. The van der Waals surface area contributed by atoms with Crippen LogP contribution in [0.15, 0.2) is 24.3 Å². The van der Waals surface area contributed by atoms with Gasteiger partial charge in [0.15, 0.2) is 5.69 Å². The van der Waals surface area contributed by atoms with E-state index in [1.165, 1.54) is 6.07 Å². The first-order valence-electron chi connectivity index (χ1n) is 5.19. The second kappa shape index (κ2) is 5.00. The lowest BCUT2D eigenvalue weighted by molar-refractivity contribution is 0.0689. The van der Waals surface area contributed by atoms with Crippen molar-refractivity contribution in [1.29, 1.82) is 0 Å². The highest BCUT2D eigenvalue weighted by Gasteiger charge is 2.11. The maximum Gasteiger partial charge on any atom is 0.356 e. The van der Waals surface area contributed by atoms with Crippen LogP contribution in [0.4, 0.5) is 0 Å². The number of benzene rings is 1. The van der Waals surface area contributed by atoms with Crippen molar-refractivity contribution in [2.24, 2.45) is 0 Å². The largest absolute Gasteiger partial charge is 0.476 e. The summed E-state index contributed by atoms with van der Waals surface area (Å²) in [5.41, 5.74) is 1.63. The molecule has 0 fully saturated rings. The maximum atomic E-state index is 10.8. The molecule has 1 aromatic carbocycles. The first-order chi connectivity index (χ1) is 8.47. The fourth-order valence-corrected chi connectivity index (χ4v) is 2.05. The minimum atomic E-state index is -1.04. The van der Waals surface area contributed by atoms with Gasteiger partial charge in [-0.05, 0) is 30.7 Å². The van der Waals surface area contributed by atoms with Crippen molar-refractivity contribution >= 4 is 29.2 Å². The van der Waals surface area contributed by atoms with Crippen LogP contribution in [0.1, 0.15) is 21.7 Å². The minimum Gasteiger partial charge on any atom is -0.476 e. The molecule has 1 aromatic heterocycles. The molecule has 0 spiro atoms. The number of hydrogen-bond donors (Lipinski definition) is 1. The lowest BCUT2D eigenvalue weighted by Crippen LogP contribution is -2.06. The van der Waals surface area contributed by atoms with E-state index < -0.39 is 5.97 Å². The highest BCUT2D eigenvalue weighted by atomic mass is 35.5. The Morgan fingerprint density at radius 1 is 1.39 bits per heavy atom. The average Bonchev–Trinajstić information content (AvgIpc) is 2.64. The van der Waals surface area contributed by atoms with Gasteiger partial charge in [0.25, 0.3) is 0 Å². The second-order valence-electron chi connectivity index (χ2n) is 3.87. The standard InChI is InChI=1S/C12H10Cl2N2O2/c1-7-4-11(12(17)18)15-16(7)6-8-2-3-9(13)5-10(8)14/h2-5H,6H2,1H3,(H,17,18). The summed E-state index contributed by atoms with van der Waals surface area (Å²) < 4.78 is 1.60. The average molecular weight is 285 g/mol. The Labute approximate surface area is 114 Å². The molecule has 0 aliphatic carbocycles. The molecule has 0 aliphatic heterocycles. The van der Waals surface area contributed by atoms with Gasteiger partial charge in [0.1, 0.15) is 0 Å². The molecule has 1 heterocycles. The van der Waals surface area contributed by atoms with E-state index in [0.29, 0.717) is 16.6 Å². The molecule has 0 saturated carbocycles. The number of carbonyl (C=O) groups is 1. The van der Waals surface area contributed by atoms with Gasteiger partial charge in [-0.2, -0.15) is 5.10 Å². The summed E-state index contributed by atoms with van der Waals surface area (Å²) in [6.45, 7) is 2.21. The number of carboxylic acids is 1. The first-order valence-corrected chi connectivity index (χ1v) is 5.94. The molecule has 2 aromatic rings. The second-order valence-corrected chi connectivity index (χ2v) is 4.71. The van der Waals surface area contributed by atoms with Crippen molar-refractivity contribution in [3.05, 3.63) is 51.3 Å². The van der Waals surface area contributed by atoms with Crippen molar-refractivity contribution in [2.45, 2.75) is 13.5 Å². The lowest BCUT2D eigenvalue weighted by Gasteiger charge is -2.06. The summed E-state index contributed by atoms with van der Waals surface area (Å²) in [4.78, 5) is 10.8. The summed E-state index contributed by atoms with van der Waals surface area (Å²) in [6, 6.07) is 6.70. The fourth-order valence-electron chi connectivity index (χ4n) is 1.59.